The number of aliphatic hydroxyl groups excluding tert-OH is 4. The van der Waals surface area contributed by atoms with Crippen molar-refractivity contribution in [3.05, 3.63) is 157 Å². The predicted octanol–water partition coefficient (Wildman–Crippen LogP) is 8.08. The van der Waals surface area contributed by atoms with Crippen molar-refractivity contribution < 1.29 is 30.6 Å². The first-order valence-corrected chi connectivity index (χ1v) is 18.5. The van der Waals surface area contributed by atoms with Crippen molar-refractivity contribution in [2.75, 3.05) is 36.1 Å². The molecule has 1 saturated carbocycles. The maximum atomic E-state index is 11.7. The Labute approximate surface area is 316 Å². The molecule has 1 aliphatic rings. The zero-order valence-electron chi connectivity index (χ0n) is 30.0. The molecule has 276 valence electrons. The molecule has 8 nitrogen and oxygen atoms in total. The predicted molar refractivity (Wildman–Crippen MR) is 215 cm³/mol. The van der Waals surface area contributed by atoms with E-state index in [4.69, 9.17) is 0 Å². The number of hydrogen-bond donors (Lipinski definition) is 6. The van der Waals surface area contributed by atoms with Crippen LogP contribution in [-0.2, 0) is 0 Å². The molecule has 0 aliphatic heterocycles. The number of nitrogens with zero attached hydrogens (tertiary/aromatic N) is 2. The summed E-state index contributed by atoms with van der Waals surface area (Å²) in [4.78, 5) is 4.11. The zero-order valence-corrected chi connectivity index (χ0v) is 30.0. The topological polar surface area (TPSA) is 128 Å². The van der Waals surface area contributed by atoms with Gasteiger partial charge in [0, 0.05) is 83.9 Å². The Morgan fingerprint density at radius 3 is 1.31 bits per heavy atom. The number of para-hydroxylation sites is 2. The van der Waals surface area contributed by atoms with E-state index in [2.05, 4.69) is 53.4 Å². The minimum absolute atomic E-state index is 0.0232. The van der Waals surface area contributed by atoms with Crippen LogP contribution in [0.3, 0.4) is 0 Å². The Morgan fingerprint density at radius 2 is 0.870 bits per heavy atom. The van der Waals surface area contributed by atoms with Gasteiger partial charge in [-0.25, -0.2) is 0 Å². The van der Waals surface area contributed by atoms with Crippen molar-refractivity contribution in [1.82, 2.24) is 0 Å². The number of aliphatic hydroxyl groups is 4. The van der Waals surface area contributed by atoms with Gasteiger partial charge in [-0.15, -0.1) is 0 Å². The highest BCUT2D eigenvalue weighted by atomic mass is 16.3. The molecule has 8 heteroatoms. The maximum absolute atomic E-state index is 11.7. The lowest BCUT2D eigenvalue weighted by Gasteiger charge is -2.47. The van der Waals surface area contributed by atoms with Gasteiger partial charge in [0.05, 0.1) is 23.6 Å². The Bertz CT molecular complexity index is 2060. The first-order chi connectivity index (χ1) is 26.4. The Kier molecular flexibility index (Phi) is 11.3. The number of hydrogen-bond acceptors (Lipinski definition) is 8. The lowest BCUT2D eigenvalue weighted by atomic mass is 9.63. The number of phenols is 2. The molecule has 2 unspecified atom stereocenters. The van der Waals surface area contributed by atoms with E-state index in [0.717, 1.165) is 39.3 Å². The third kappa shape index (κ3) is 7.29. The molecule has 1 fully saturated rings. The molecule has 0 spiro atoms. The van der Waals surface area contributed by atoms with E-state index in [1.165, 1.54) is 0 Å². The Balaban J connectivity index is 1.23. The van der Waals surface area contributed by atoms with E-state index >= 15 is 0 Å². The second-order valence-electron chi connectivity index (χ2n) is 13.8. The smallest absolute Gasteiger partial charge is 0.121 e. The summed E-state index contributed by atoms with van der Waals surface area (Å²) in [5.41, 5.74) is 8.17. The quantitative estimate of drug-likeness (QED) is 0.0667. The molecular formula is C46H46N2O6. The summed E-state index contributed by atoms with van der Waals surface area (Å²) in [6.45, 7) is 1.15. The summed E-state index contributed by atoms with van der Waals surface area (Å²) in [6, 6.07) is 47.1. The summed E-state index contributed by atoms with van der Waals surface area (Å²) in [6.07, 6.45) is -1.06. The maximum Gasteiger partial charge on any atom is 0.121 e. The normalized spacial score (nSPS) is 17.9. The second-order valence-corrected chi connectivity index (χ2v) is 13.8. The van der Waals surface area contributed by atoms with Crippen molar-refractivity contribution in [3.63, 3.8) is 0 Å². The van der Waals surface area contributed by atoms with Gasteiger partial charge in [-0.3, -0.25) is 0 Å². The van der Waals surface area contributed by atoms with E-state index < -0.39 is 24.0 Å². The van der Waals surface area contributed by atoms with Crippen molar-refractivity contribution in [2.45, 2.75) is 36.9 Å². The first-order valence-electron chi connectivity index (χ1n) is 18.5. The van der Waals surface area contributed by atoms with E-state index in [0.29, 0.717) is 42.7 Å². The number of anilines is 4. The van der Waals surface area contributed by atoms with Crippen molar-refractivity contribution >= 4 is 22.7 Å². The number of benzene rings is 6. The fraction of sp³-hybridized carbons (Fsp3) is 0.217. The average Bonchev–Trinajstić information content (AvgIpc) is 3.21. The second kappa shape index (κ2) is 16.6. The Morgan fingerprint density at radius 1 is 0.463 bits per heavy atom. The third-order valence-electron chi connectivity index (χ3n) is 10.5. The zero-order chi connectivity index (χ0) is 37.6. The number of rotatable bonds is 14. The van der Waals surface area contributed by atoms with E-state index in [9.17, 15) is 30.6 Å². The lowest BCUT2D eigenvalue weighted by molar-refractivity contribution is -0.0797. The van der Waals surface area contributed by atoms with E-state index in [1.54, 1.807) is 24.3 Å². The molecule has 0 amide bonds. The highest BCUT2D eigenvalue weighted by Gasteiger charge is 2.52. The van der Waals surface area contributed by atoms with Gasteiger partial charge in [0.1, 0.15) is 11.5 Å². The summed E-state index contributed by atoms with van der Waals surface area (Å²) < 4.78 is 0. The highest BCUT2D eigenvalue weighted by molar-refractivity contribution is 5.93. The van der Waals surface area contributed by atoms with Crippen LogP contribution in [-0.4, -0.2) is 69.2 Å². The number of aromatic hydroxyl groups is 2. The standard InChI is InChI=1S/C46H46N2O6/c49-27-11-25-47(26-12-28-50)33-21-23-37(41(51)29-33)43-45(53)44(46(43)54)38-24-22-34(30-42(38)52)48(39-19-9-7-17-35(39)31-13-3-1-4-14-31)40-20-10-8-18-36(40)32-15-5-2-6-16-32/h1-10,13-24,29-30,43-46,49-54H,11-12,25-28H2. The molecule has 0 heterocycles. The molecule has 0 radical (unpaired) electrons. The van der Waals surface area contributed by atoms with Crippen molar-refractivity contribution in [3.8, 4) is 33.8 Å². The fourth-order valence-corrected chi connectivity index (χ4v) is 7.77. The molecule has 6 aromatic carbocycles. The van der Waals surface area contributed by atoms with Gasteiger partial charge in [0.15, 0.2) is 0 Å². The van der Waals surface area contributed by atoms with Gasteiger partial charge in [-0.1, -0.05) is 109 Å². The molecule has 2 atom stereocenters. The molecule has 6 aromatic rings. The van der Waals surface area contributed by atoms with E-state index in [1.807, 2.05) is 77.7 Å². The van der Waals surface area contributed by atoms with Crippen LogP contribution in [0.15, 0.2) is 146 Å². The molecule has 6 N–H and O–H groups in total. The van der Waals surface area contributed by atoms with Gasteiger partial charge >= 0.3 is 0 Å². The highest BCUT2D eigenvalue weighted by Crippen LogP contribution is 2.53. The third-order valence-corrected chi connectivity index (χ3v) is 10.5. The van der Waals surface area contributed by atoms with Gasteiger partial charge in [0.25, 0.3) is 0 Å². The minimum atomic E-state index is -1.07. The van der Waals surface area contributed by atoms with Gasteiger partial charge in [-0.2, -0.15) is 0 Å². The average molecular weight is 723 g/mol. The van der Waals surface area contributed by atoms with Crippen LogP contribution < -0.4 is 9.80 Å². The first kappa shape index (κ1) is 36.7. The largest absolute Gasteiger partial charge is 0.508 e. The summed E-state index contributed by atoms with van der Waals surface area (Å²) in [7, 11) is 0. The SMILES string of the molecule is OCCCN(CCCO)c1ccc(C2C(O)C(c3ccc(N(c4ccccc4-c4ccccc4)c4ccccc4-c4ccccc4)cc3O)C2O)c(O)c1. The van der Waals surface area contributed by atoms with Crippen LogP contribution >= 0.6 is 0 Å². The van der Waals surface area contributed by atoms with Crippen LogP contribution in [0.4, 0.5) is 22.7 Å². The number of phenolic OH excluding ortho intramolecular Hbond substituents is 2. The van der Waals surface area contributed by atoms with Crippen LogP contribution in [0, 0.1) is 0 Å². The lowest BCUT2D eigenvalue weighted by Crippen LogP contribution is -2.51. The molecule has 1 aliphatic carbocycles. The monoisotopic (exact) mass is 722 g/mol. The molecular weight excluding hydrogens is 677 g/mol. The van der Waals surface area contributed by atoms with Crippen molar-refractivity contribution in [2.24, 2.45) is 0 Å². The van der Waals surface area contributed by atoms with Crippen LogP contribution in [0.5, 0.6) is 11.5 Å². The molecule has 0 bridgehead atoms. The fourth-order valence-electron chi connectivity index (χ4n) is 7.77. The van der Waals surface area contributed by atoms with E-state index in [-0.39, 0.29) is 24.7 Å². The van der Waals surface area contributed by atoms with Gasteiger partial charge < -0.3 is 40.4 Å². The molecule has 54 heavy (non-hydrogen) atoms. The summed E-state index contributed by atoms with van der Waals surface area (Å²) >= 11 is 0. The molecule has 7 rings (SSSR count). The summed E-state index contributed by atoms with van der Waals surface area (Å²) in [5, 5.41) is 64.5. The van der Waals surface area contributed by atoms with Crippen LogP contribution in [0.2, 0.25) is 0 Å². The minimum Gasteiger partial charge on any atom is -0.508 e. The van der Waals surface area contributed by atoms with Crippen LogP contribution in [0.25, 0.3) is 22.3 Å². The summed E-state index contributed by atoms with van der Waals surface area (Å²) in [5.74, 6) is -1.67. The van der Waals surface area contributed by atoms with Crippen LogP contribution in [0.1, 0.15) is 35.8 Å². The molecule has 0 saturated heterocycles. The van der Waals surface area contributed by atoms with Gasteiger partial charge in [0.2, 0.25) is 0 Å². The molecule has 0 aromatic heterocycles. The van der Waals surface area contributed by atoms with Gasteiger partial charge in [-0.05, 0) is 48.2 Å². The Hall–Kier alpha value is -5.64. The van der Waals surface area contributed by atoms with Crippen molar-refractivity contribution in [1.29, 1.82) is 0 Å².